The van der Waals surface area contributed by atoms with Crippen LogP contribution in [0.2, 0.25) is 0 Å². The van der Waals surface area contributed by atoms with Gasteiger partial charge in [-0.2, -0.15) is 0 Å². The van der Waals surface area contributed by atoms with Crippen LogP contribution in [-0.2, 0) is 19.8 Å². The molecule has 0 aromatic heterocycles. The van der Waals surface area contributed by atoms with Crippen LogP contribution in [0.4, 0.5) is 0 Å². The molecular formula is C13H12BrNO5. The van der Waals surface area contributed by atoms with Crippen LogP contribution in [0.1, 0.15) is 28.8 Å². The second-order valence-electron chi connectivity index (χ2n) is 4.12. The summed E-state index contributed by atoms with van der Waals surface area (Å²) in [5, 5.41) is 1.10. The minimum absolute atomic E-state index is 0.0674. The number of carbonyl (C=O) groups excluding carboxylic acids is 3. The van der Waals surface area contributed by atoms with Crippen molar-refractivity contribution < 1.29 is 24.0 Å². The van der Waals surface area contributed by atoms with Gasteiger partial charge in [0.1, 0.15) is 5.75 Å². The summed E-state index contributed by atoms with van der Waals surface area (Å²) in [5.74, 6) is -1.26. The standard InChI is InChI=1S/C13H12BrNO5/c1-19-10-6-8(2-3-9(10)7-14)13(18)20-15-11(16)4-5-12(15)17/h2-3,6H,4-5,7H2,1H3. The van der Waals surface area contributed by atoms with E-state index in [1.807, 2.05) is 0 Å². The van der Waals surface area contributed by atoms with E-state index in [1.54, 1.807) is 12.1 Å². The van der Waals surface area contributed by atoms with Crippen LogP contribution in [0, 0.1) is 0 Å². The van der Waals surface area contributed by atoms with Gasteiger partial charge in [0.25, 0.3) is 11.8 Å². The monoisotopic (exact) mass is 341 g/mol. The Labute approximate surface area is 123 Å². The van der Waals surface area contributed by atoms with E-state index >= 15 is 0 Å². The van der Waals surface area contributed by atoms with E-state index in [0.717, 1.165) is 5.56 Å². The summed E-state index contributed by atoms with van der Waals surface area (Å²) in [6.07, 6.45) is 0.135. The lowest BCUT2D eigenvalue weighted by Gasteiger charge is -2.13. The highest BCUT2D eigenvalue weighted by Gasteiger charge is 2.33. The zero-order valence-corrected chi connectivity index (χ0v) is 12.3. The normalized spacial score (nSPS) is 14.6. The van der Waals surface area contributed by atoms with E-state index < -0.39 is 17.8 Å². The molecule has 0 bridgehead atoms. The Kier molecular flexibility index (Phi) is 4.39. The predicted octanol–water partition coefficient (Wildman–Crippen LogP) is 1.81. The Bertz CT molecular complexity index is 556. The first-order chi connectivity index (χ1) is 9.56. The van der Waals surface area contributed by atoms with Crippen molar-refractivity contribution in [2.75, 3.05) is 7.11 Å². The molecule has 2 amide bonds. The van der Waals surface area contributed by atoms with Crippen molar-refractivity contribution in [3.8, 4) is 5.75 Å². The molecule has 1 aromatic carbocycles. The van der Waals surface area contributed by atoms with Crippen molar-refractivity contribution >= 4 is 33.7 Å². The van der Waals surface area contributed by atoms with Crippen molar-refractivity contribution in [1.29, 1.82) is 0 Å². The van der Waals surface area contributed by atoms with Crippen LogP contribution >= 0.6 is 15.9 Å². The van der Waals surface area contributed by atoms with Crippen LogP contribution in [0.15, 0.2) is 18.2 Å². The Morgan fingerprint density at radius 1 is 1.30 bits per heavy atom. The van der Waals surface area contributed by atoms with Crippen LogP contribution in [0.25, 0.3) is 0 Å². The maximum absolute atomic E-state index is 11.9. The number of amides is 2. The zero-order chi connectivity index (χ0) is 14.7. The number of hydrogen-bond acceptors (Lipinski definition) is 5. The molecule has 6 nitrogen and oxygen atoms in total. The van der Waals surface area contributed by atoms with Crippen molar-refractivity contribution in [3.05, 3.63) is 29.3 Å². The molecule has 0 spiro atoms. The molecule has 0 unspecified atom stereocenters. The molecule has 7 heteroatoms. The highest BCUT2D eigenvalue weighted by molar-refractivity contribution is 9.08. The number of methoxy groups -OCH3 is 1. The largest absolute Gasteiger partial charge is 0.496 e. The first-order valence-electron chi connectivity index (χ1n) is 5.87. The topological polar surface area (TPSA) is 72.9 Å². The number of nitrogens with zero attached hydrogens (tertiary/aromatic N) is 1. The number of imide groups is 1. The van der Waals surface area contributed by atoms with Gasteiger partial charge in [0, 0.05) is 23.7 Å². The summed E-state index contributed by atoms with van der Waals surface area (Å²) in [5.41, 5.74) is 1.08. The quantitative estimate of drug-likeness (QED) is 0.616. The minimum Gasteiger partial charge on any atom is -0.496 e. The number of carbonyl (C=O) groups is 3. The molecule has 1 fully saturated rings. The molecule has 0 atom stereocenters. The van der Waals surface area contributed by atoms with Crippen LogP contribution in [0.5, 0.6) is 5.75 Å². The molecule has 1 saturated heterocycles. The third-order valence-corrected chi connectivity index (χ3v) is 3.45. The Hall–Kier alpha value is -1.89. The smallest absolute Gasteiger partial charge is 0.364 e. The van der Waals surface area contributed by atoms with Gasteiger partial charge in [-0.1, -0.05) is 22.0 Å². The van der Waals surface area contributed by atoms with E-state index in [-0.39, 0.29) is 18.4 Å². The van der Waals surface area contributed by atoms with Gasteiger partial charge in [-0.15, -0.1) is 5.06 Å². The lowest BCUT2D eigenvalue weighted by atomic mass is 10.1. The van der Waals surface area contributed by atoms with Gasteiger partial charge in [0.05, 0.1) is 12.7 Å². The molecule has 0 saturated carbocycles. The molecule has 20 heavy (non-hydrogen) atoms. The number of hydrogen-bond donors (Lipinski definition) is 0. The molecule has 0 N–H and O–H groups in total. The van der Waals surface area contributed by atoms with Gasteiger partial charge >= 0.3 is 5.97 Å². The second kappa shape index (κ2) is 6.04. The molecule has 1 aliphatic heterocycles. The van der Waals surface area contributed by atoms with Gasteiger partial charge in [-0.25, -0.2) is 4.79 Å². The fraction of sp³-hybridized carbons (Fsp3) is 0.308. The summed E-state index contributed by atoms with van der Waals surface area (Å²) >= 11 is 3.30. The zero-order valence-electron chi connectivity index (χ0n) is 10.7. The van der Waals surface area contributed by atoms with Crippen molar-refractivity contribution in [2.45, 2.75) is 18.2 Å². The summed E-state index contributed by atoms with van der Waals surface area (Å²) < 4.78 is 5.15. The molecule has 1 heterocycles. The first-order valence-corrected chi connectivity index (χ1v) is 7.00. The van der Waals surface area contributed by atoms with E-state index in [0.29, 0.717) is 16.1 Å². The number of benzene rings is 1. The fourth-order valence-electron chi connectivity index (χ4n) is 1.78. The van der Waals surface area contributed by atoms with Gasteiger partial charge in [0.15, 0.2) is 0 Å². The van der Waals surface area contributed by atoms with E-state index in [4.69, 9.17) is 9.57 Å². The molecule has 106 valence electrons. The third kappa shape index (κ3) is 2.82. The van der Waals surface area contributed by atoms with Crippen LogP contribution in [0.3, 0.4) is 0 Å². The molecule has 0 radical (unpaired) electrons. The van der Waals surface area contributed by atoms with Crippen molar-refractivity contribution in [1.82, 2.24) is 5.06 Å². The number of hydroxylamine groups is 2. The summed E-state index contributed by atoms with van der Waals surface area (Å²) in [6, 6.07) is 4.76. The second-order valence-corrected chi connectivity index (χ2v) is 4.68. The minimum atomic E-state index is -0.770. The maximum Gasteiger partial charge on any atom is 0.364 e. The van der Waals surface area contributed by atoms with E-state index in [9.17, 15) is 14.4 Å². The van der Waals surface area contributed by atoms with Gasteiger partial charge in [0.2, 0.25) is 0 Å². The van der Waals surface area contributed by atoms with E-state index in [2.05, 4.69) is 15.9 Å². The molecule has 1 aliphatic rings. The number of halogens is 1. The third-order valence-electron chi connectivity index (χ3n) is 2.85. The van der Waals surface area contributed by atoms with Gasteiger partial charge < -0.3 is 9.57 Å². The van der Waals surface area contributed by atoms with Crippen molar-refractivity contribution in [3.63, 3.8) is 0 Å². The van der Waals surface area contributed by atoms with Crippen LogP contribution in [-0.4, -0.2) is 30.0 Å². The Balaban J connectivity index is 2.17. The lowest BCUT2D eigenvalue weighted by Crippen LogP contribution is -2.32. The van der Waals surface area contributed by atoms with Crippen molar-refractivity contribution in [2.24, 2.45) is 0 Å². The Morgan fingerprint density at radius 2 is 1.95 bits per heavy atom. The predicted molar refractivity (Wildman–Crippen MR) is 72.1 cm³/mol. The average Bonchev–Trinajstić information content (AvgIpc) is 2.78. The Morgan fingerprint density at radius 3 is 2.50 bits per heavy atom. The first kappa shape index (κ1) is 14.5. The maximum atomic E-state index is 11.9. The molecule has 0 aliphatic carbocycles. The lowest BCUT2D eigenvalue weighted by molar-refractivity contribution is -0.172. The molecule has 1 aromatic rings. The van der Waals surface area contributed by atoms with Gasteiger partial charge in [-0.3, -0.25) is 9.59 Å². The molecular weight excluding hydrogens is 330 g/mol. The fourth-order valence-corrected chi connectivity index (χ4v) is 2.24. The highest BCUT2D eigenvalue weighted by atomic mass is 79.9. The van der Waals surface area contributed by atoms with E-state index in [1.165, 1.54) is 13.2 Å². The summed E-state index contributed by atoms with van der Waals surface area (Å²) in [6.45, 7) is 0. The summed E-state index contributed by atoms with van der Waals surface area (Å²) in [4.78, 5) is 39.5. The number of alkyl halides is 1. The summed E-state index contributed by atoms with van der Waals surface area (Å²) in [7, 11) is 1.49. The average molecular weight is 342 g/mol. The molecule has 2 rings (SSSR count). The number of rotatable bonds is 4. The number of ether oxygens (including phenoxy) is 1. The van der Waals surface area contributed by atoms with Crippen LogP contribution < -0.4 is 4.74 Å². The van der Waals surface area contributed by atoms with Gasteiger partial charge in [-0.05, 0) is 12.1 Å². The highest BCUT2D eigenvalue weighted by Crippen LogP contribution is 2.23. The SMILES string of the molecule is COc1cc(C(=O)ON2C(=O)CCC2=O)ccc1CBr.